The first-order valence-corrected chi connectivity index (χ1v) is 5.34. The Bertz CT molecular complexity index is 207. The molecule has 2 amide bonds. The van der Waals surface area contributed by atoms with Gasteiger partial charge in [0.05, 0.1) is 0 Å². The molecular formula is C10H21N3O2. The van der Waals surface area contributed by atoms with Crippen LogP contribution in [0.1, 0.15) is 32.6 Å². The summed E-state index contributed by atoms with van der Waals surface area (Å²) in [5, 5.41) is 2.79. The van der Waals surface area contributed by atoms with Gasteiger partial charge in [0.2, 0.25) is 11.8 Å². The van der Waals surface area contributed by atoms with Crippen molar-refractivity contribution in [2.24, 2.45) is 17.4 Å². The van der Waals surface area contributed by atoms with Crippen molar-refractivity contribution in [3.05, 3.63) is 0 Å². The van der Waals surface area contributed by atoms with Crippen molar-refractivity contribution in [3.63, 3.8) is 0 Å². The molecule has 0 aliphatic rings. The van der Waals surface area contributed by atoms with Gasteiger partial charge in [-0.25, -0.2) is 0 Å². The molecule has 5 heteroatoms. The lowest BCUT2D eigenvalue weighted by molar-refractivity contribution is -0.124. The Morgan fingerprint density at radius 2 is 2.00 bits per heavy atom. The average Bonchev–Trinajstić information content (AvgIpc) is 2.16. The summed E-state index contributed by atoms with van der Waals surface area (Å²) < 4.78 is 0. The van der Waals surface area contributed by atoms with Crippen LogP contribution in [0.3, 0.4) is 0 Å². The largest absolute Gasteiger partial charge is 0.370 e. The van der Waals surface area contributed by atoms with Crippen molar-refractivity contribution in [2.45, 2.75) is 32.6 Å². The maximum atomic E-state index is 11.4. The van der Waals surface area contributed by atoms with Crippen LogP contribution in [0, 0.1) is 5.92 Å². The minimum atomic E-state index is -0.294. The van der Waals surface area contributed by atoms with Gasteiger partial charge in [-0.15, -0.1) is 0 Å². The van der Waals surface area contributed by atoms with Crippen molar-refractivity contribution >= 4 is 11.8 Å². The Balaban J connectivity index is 3.42. The molecule has 5 nitrogen and oxygen atoms in total. The normalized spacial score (nSPS) is 12.1. The molecule has 0 aromatic carbocycles. The molecule has 5 N–H and O–H groups in total. The third kappa shape index (κ3) is 7.93. The summed E-state index contributed by atoms with van der Waals surface area (Å²) in [5.74, 6) is -0.302. The van der Waals surface area contributed by atoms with Crippen LogP contribution in [0.25, 0.3) is 0 Å². The summed E-state index contributed by atoms with van der Waals surface area (Å²) in [4.78, 5) is 21.8. The lowest BCUT2D eigenvalue weighted by atomic mass is 10.1. The molecule has 0 rings (SSSR count). The van der Waals surface area contributed by atoms with E-state index in [0.717, 1.165) is 12.8 Å². The number of carbonyl (C=O) groups is 2. The fourth-order valence-electron chi connectivity index (χ4n) is 1.19. The summed E-state index contributed by atoms with van der Waals surface area (Å²) in [5.41, 5.74) is 10.3. The molecular weight excluding hydrogens is 194 g/mol. The fraction of sp³-hybridized carbons (Fsp3) is 0.800. The fourth-order valence-corrected chi connectivity index (χ4v) is 1.19. The van der Waals surface area contributed by atoms with Gasteiger partial charge in [-0.3, -0.25) is 9.59 Å². The quantitative estimate of drug-likeness (QED) is 0.487. The van der Waals surface area contributed by atoms with Crippen molar-refractivity contribution < 1.29 is 9.59 Å². The number of unbranched alkanes of at least 4 members (excludes halogenated alkanes) is 1. The monoisotopic (exact) mass is 215 g/mol. The molecule has 0 saturated heterocycles. The summed E-state index contributed by atoms with van der Waals surface area (Å²) in [6, 6.07) is 0. The SMILES string of the molecule is CC(CCN)C(=O)NCCCCC(N)=O. The van der Waals surface area contributed by atoms with E-state index in [-0.39, 0.29) is 17.7 Å². The maximum absolute atomic E-state index is 11.4. The second-order valence-corrected chi connectivity index (χ2v) is 3.69. The molecule has 0 aliphatic carbocycles. The highest BCUT2D eigenvalue weighted by molar-refractivity contribution is 5.78. The maximum Gasteiger partial charge on any atom is 0.222 e. The van der Waals surface area contributed by atoms with Crippen molar-refractivity contribution in [3.8, 4) is 0 Å². The second-order valence-electron chi connectivity index (χ2n) is 3.69. The van der Waals surface area contributed by atoms with E-state index in [1.807, 2.05) is 6.92 Å². The number of carbonyl (C=O) groups excluding carboxylic acids is 2. The predicted molar refractivity (Wildman–Crippen MR) is 58.9 cm³/mol. The minimum Gasteiger partial charge on any atom is -0.370 e. The Labute approximate surface area is 90.6 Å². The van der Waals surface area contributed by atoms with Gasteiger partial charge >= 0.3 is 0 Å². The van der Waals surface area contributed by atoms with Crippen LogP contribution in [0.15, 0.2) is 0 Å². The zero-order valence-corrected chi connectivity index (χ0v) is 9.29. The number of nitrogens with one attached hydrogen (secondary N) is 1. The van der Waals surface area contributed by atoms with E-state index in [1.54, 1.807) is 0 Å². The number of primary amides is 1. The van der Waals surface area contributed by atoms with Crippen LogP contribution in [0.5, 0.6) is 0 Å². The zero-order valence-electron chi connectivity index (χ0n) is 9.29. The third-order valence-corrected chi connectivity index (χ3v) is 2.20. The van der Waals surface area contributed by atoms with E-state index < -0.39 is 0 Å². The lowest BCUT2D eigenvalue weighted by Gasteiger charge is -2.10. The summed E-state index contributed by atoms with van der Waals surface area (Å²) >= 11 is 0. The number of hydrogen-bond acceptors (Lipinski definition) is 3. The molecule has 0 heterocycles. The molecule has 1 unspecified atom stereocenters. The van der Waals surface area contributed by atoms with Crippen LogP contribution >= 0.6 is 0 Å². The first-order chi connectivity index (χ1) is 7.07. The number of nitrogens with two attached hydrogens (primary N) is 2. The smallest absolute Gasteiger partial charge is 0.222 e. The van der Waals surface area contributed by atoms with Crippen LogP contribution in [0.4, 0.5) is 0 Å². The molecule has 0 aromatic heterocycles. The summed E-state index contributed by atoms with van der Waals surface area (Å²) in [6.45, 7) is 2.98. The van der Waals surface area contributed by atoms with Gasteiger partial charge in [0.15, 0.2) is 0 Å². The Morgan fingerprint density at radius 1 is 1.33 bits per heavy atom. The predicted octanol–water partition coefficient (Wildman–Crippen LogP) is -0.257. The van der Waals surface area contributed by atoms with E-state index in [4.69, 9.17) is 11.5 Å². The molecule has 0 radical (unpaired) electrons. The van der Waals surface area contributed by atoms with Crippen molar-refractivity contribution in [2.75, 3.05) is 13.1 Å². The topological polar surface area (TPSA) is 98.2 Å². The van der Waals surface area contributed by atoms with Gasteiger partial charge in [0, 0.05) is 18.9 Å². The molecule has 0 bridgehead atoms. The second kappa shape index (κ2) is 8.23. The molecule has 0 aromatic rings. The van der Waals surface area contributed by atoms with Crippen LogP contribution in [0.2, 0.25) is 0 Å². The van der Waals surface area contributed by atoms with Gasteiger partial charge < -0.3 is 16.8 Å². The minimum absolute atomic E-state index is 0.0273. The molecule has 1 atom stereocenters. The number of rotatable bonds is 8. The molecule has 15 heavy (non-hydrogen) atoms. The van der Waals surface area contributed by atoms with Crippen molar-refractivity contribution in [1.82, 2.24) is 5.32 Å². The zero-order chi connectivity index (χ0) is 11.7. The van der Waals surface area contributed by atoms with E-state index in [1.165, 1.54) is 0 Å². The molecule has 0 aliphatic heterocycles. The van der Waals surface area contributed by atoms with E-state index >= 15 is 0 Å². The summed E-state index contributed by atoms with van der Waals surface area (Å²) in [6.07, 6.45) is 2.59. The molecule has 0 saturated carbocycles. The van der Waals surface area contributed by atoms with Gasteiger partial charge in [0.25, 0.3) is 0 Å². The number of amides is 2. The molecule has 88 valence electrons. The standard InChI is InChI=1S/C10H21N3O2/c1-8(5-6-11)10(15)13-7-3-2-4-9(12)14/h8H,2-7,11H2,1H3,(H2,12,14)(H,13,15). The van der Waals surface area contributed by atoms with Crippen LogP contribution in [-0.2, 0) is 9.59 Å². The first-order valence-electron chi connectivity index (χ1n) is 5.34. The van der Waals surface area contributed by atoms with Crippen LogP contribution in [-0.4, -0.2) is 24.9 Å². The average molecular weight is 215 g/mol. The van der Waals surface area contributed by atoms with Crippen molar-refractivity contribution in [1.29, 1.82) is 0 Å². The lowest BCUT2D eigenvalue weighted by Crippen LogP contribution is -2.31. The Morgan fingerprint density at radius 3 is 2.53 bits per heavy atom. The molecule has 0 spiro atoms. The van der Waals surface area contributed by atoms with E-state index in [9.17, 15) is 9.59 Å². The first kappa shape index (κ1) is 13.9. The van der Waals surface area contributed by atoms with Gasteiger partial charge in [0.1, 0.15) is 0 Å². The Hall–Kier alpha value is -1.10. The molecule has 0 fully saturated rings. The highest BCUT2D eigenvalue weighted by Gasteiger charge is 2.10. The number of hydrogen-bond donors (Lipinski definition) is 3. The summed E-state index contributed by atoms with van der Waals surface area (Å²) in [7, 11) is 0. The highest BCUT2D eigenvalue weighted by Crippen LogP contribution is 2.00. The highest BCUT2D eigenvalue weighted by atomic mass is 16.2. The third-order valence-electron chi connectivity index (χ3n) is 2.20. The van der Waals surface area contributed by atoms with Crippen LogP contribution < -0.4 is 16.8 Å². The van der Waals surface area contributed by atoms with E-state index in [0.29, 0.717) is 25.9 Å². The Kier molecular flexibility index (Phi) is 7.62. The van der Waals surface area contributed by atoms with Gasteiger partial charge in [-0.05, 0) is 25.8 Å². The van der Waals surface area contributed by atoms with Gasteiger partial charge in [-0.1, -0.05) is 6.92 Å². The van der Waals surface area contributed by atoms with E-state index in [2.05, 4.69) is 5.32 Å². The van der Waals surface area contributed by atoms with Gasteiger partial charge in [-0.2, -0.15) is 0 Å².